The van der Waals surface area contributed by atoms with Gasteiger partial charge < -0.3 is 10.0 Å². The summed E-state index contributed by atoms with van der Waals surface area (Å²) in [5.41, 5.74) is 0.196. The van der Waals surface area contributed by atoms with Crippen LogP contribution in [0, 0.1) is 0 Å². The zero-order valence-electron chi connectivity index (χ0n) is 10.3. The molecule has 7 heteroatoms. The maximum Gasteiger partial charge on any atom is 0.254 e. The van der Waals surface area contributed by atoms with Crippen LogP contribution in [0.15, 0.2) is 41.8 Å². The lowest BCUT2D eigenvalue weighted by atomic mass is 10.2. The highest BCUT2D eigenvalue weighted by Crippen LogP contribution is 2.12. The second-order valence-corrected chi connectivity index (χ2v) is 5.40. The zero-order valence-corrected chi connectivity index (χ0v) is 11.1. The van der Waals surface area contributed by atoms with Crippen LogP contribution in [-0.2, 0) is 10.0 Å². The van der Waals surface area contributed by atoms with E-state index in [1.54, 1.807) is 0 Å². The lowest BCUT2D eigenvalue weighted by Gasteiger charge is -2.20. The molecule has 0 atom stereocenters. The molecule has 1 rings (SSSR count). The number of aliphatic hydroxyl groups excluding tert-OH is 1. The summed E-state index contributed by atoms with van der Waals surface area (Å²) in [5, 5.41) is 13.9. The summed E-state index contributed by atoms with van der Waals surface area (Å²) in [6.07, 6.45) is 1.52. The van der Waals surface area contributed by atoms with Crippen molar-refractivity contribution in [3.05, 3.63) is 42.5 Å². The van der Waals surface area contributed by atoms with Crippen molar-refractivity contribution in [2.45, 2.75) is 4.90 Å². The Hall–Kier alpha value is -1.70. The highest BCUT2D eigenvalue weighted by Gasteiger charge is 2.16. The summed E-state index contributed by atoms with van der Waals surface area (Å²) in [6.45, 7) is 3.74. The number of nitrogens with zero attached hydrogens (tertiary/aromatic N) is 1. The number of primary sulfonamides is 1. The molecule has 1 aromatic carbocycles. The van der Waals surface area contributed by atoms with E-state index < -0.39 is 10.0 Å². The van der Waals surface area contributed by atoms with Crippen molar-refractivity contribution >= 4 is 15.9 Å². The van der Waals surface area contributed by atoms with Gasteiger partial charge in [-0.1, -0.05) is 12.1 Å². The number of carbonyl (C=O) groups is 1. The molecular formula is C12H16N2O4S. The van der Waals surface area contributed by atoms with Crippen LogP contribution < -0.4 is 5.14 Å². The molecule has 0 heterocycles. The van der Waals surface area contributed by atoms with Gasteiger partial charge in [0.25, 0.3) is 5.91 Å². The summed E-state index contributed by atoms with van der Waals surface area (Å²) in [4.78, 5) is 13.4. The largest absolute Gasteiger partial charge is 0.395 e. The van der Waals surface area contributed by atoms with Crippen LogP contribution in [0.25, 0.3) is 0 Å². The minimum atomic E-state index is -3.85. The van der Waals surface area contributed by atoms with E-state index in [9.17, 15) is 13.2 Å². The SMILES string of the molecule is C=CCN(CCO)C(=O)c1cccc(S(N)(=O)=O)c1. The van der Waals surface area contributed by atoms with Gasteiger partial charge in [-0.15, -0.1) is 6.58 Å². The predicted molar refractivity (Wildman–Crippen MR) is 71.0 cm³/mol. The van der Waals surface area contributed by atoms with Gasteiger partial charge in [0.2, 0.25) is 10.0 Å². The van der Waals surface area contributed by atoms with Gasteiger partial charge >= 0.3 is 0 Å². The Kier molecular flexibility index (Phi) is 5.22. The first-order valence-corrected chi connectivity index (χ1v) is 7.08. The molecule has 0 bridgehead atoms. The van der Waals surface area contributed by atoms with Crippen LogP contribution >= 0.6 is 0 Å². The van der Waals surface area contributed by atoms with Gasteiger partial charge in [-0.25, -0.2) is 13.6 Å². The van der Waals surface area contributed by atoms with Gasteiger partial charge in [0.05, 0.1) is 11.5 Å². The van der Waals surface area contributed by atoms with E-state index in [0.717, 1.165) is 0 Å². The second-order valence-electron chi connectivity index (χ2n) is 3.84. The number of rotatable bonds is 6. The summed E-state index contributed by atoms with van der Waals surface area (Å²) >= 11 is 0. The second kappa shape index (κ2) is 6.46. The molecule has 0 radical (unpaired) electrons. The Bertz CT molecular complexity index is 569. The molecule has 0 aliphatic heterocycles. The Morgan fingerprint density at radius 3 is 2.68 bits per heavy atom. The molecule has 1 aromatic rings. The van der Waals surface area contributed by atoms with Crippen molar-refractivity contribution in [2.24, 2.45) is 5.14 Å². The van der Waals surface area contributed by atoms with Crippen molar-refractivity contribution in [3.8, 4) is 0 Å². The maximum absolute atomic E-state index is 12.1. The molecule has 0 aliphatic carbocycles. The lowest BCUT2D eigenvalue weighted by molar-refractivity contribution is 0.0742. The van der Waals surface area contributed by atoms with Gasteiger partial charge in [-0.05, 0) is 18.2 Å². The summed E-state index contributed by atoms with van der Waals surface area (Å²) in [5.74, 6) is -0.389. The Labute approximate surface area is 112 Å². The van der Waals surface area contributed by atoms with E-state index in [0.29, 0.717) is 0 Å². The number of carbonyl (C=O) groups excluding carboxylic acids is 1. The third-order valence-corrected chi connectivity index (χ3v) is 3.33. The highest BCUT2D eigenvalue weighted by molar-refractivity contribution is 7.89. The monoisotopic (exact) mass is 284 g/mol. The molecular weight excluding hydrogens is 268 g/mol. The summed E-state index contributed by atoms with van der Waals surface area (Å²) in [7, 11) is -3.85. The third-order valence-electron chi connectivity index (χ3n) is 2.42. The van der Waals surface area contributed by atoms with Crippen LogP contribution in [0.5, 0.6) is 0 Å². The number of aliphatic hydroxyl groups is 1. The van der Waals surface area contributed by atoms with Crippen LogP contribution in [0.2, 0.25) is 0 Å². The standard InChI is InChI=1S/C12H16N2O4S/c1-2-6-14(7-8-15)12(16)10-4-3-5-11(9-10)19(13,17)18/h2-5,9,15H,1,6-8H2,(H2,13,17,18). The van der Waals surface area contributed by atoms with E-state index in [-0.39, 0.29) is 36.1 Å². The number of amides is 1. The Balaban J connectivity index is 3.08. The third kappa shape index (κ3) is 4.16. The number of benzene rings is 1. The van der Waals surface area contributed by atoms with Crippen molar-refractivity contribution in [1.82, 2.24) is 4.90 Å². The first-order valence-electron chi connectivity index (χ1n) is 5.54. The molecule has 0 aliphatic rings. The average molecular weight is 284 g/mol. The fraction of sp³-hybridized carbons (Fsp3) is 0.250. The van der Waals surface area contributed by atoms with Crippen LogP contribution in [0.1, 0.15) is 10.4 Å². The highest BCUT2D eigenvalue weighted by atomic mass is 32.2. The van der Waals surface area contributed by atoms with E-state index in [2.05, 4.69) is 6.58 Å². The van der Waals surface area contributed by atoms with Crippen molar-refractivity contribution in [2.75, 3.05) is 19.7 Å². The number of hydrogen-bond donors (Lipinski definition) is 2. The van der Waals surface area contributed by atoms with Gasteiger partial charge in [0.15, 0.2) is 0 Å². The van der Waals surface area contributed by atoms with E-state index in [1.165, 1.54) is 35.2 Å². The van der Waals surface area contributed by atoms with Gasteiger partial charge in [-0.2, -0.15) is 0 Å². The number of sulfonamides is 1. The topological polar surface area (TPSA) is 101 Å². The number of hydrogen-bond acceptors (Lipinski definition) is 4. The lowest BCUT2D eigenvalue weighted by Crippen LogP contribution is -2.33. The van der Waals surface area contributed by atoms with E-state index in [4.69, 9.17) is 10.2 Å². The molecule has 0 aromatic heterocycles. The van der Waals surface area contributed by atoms with Crippen molar-refractivity contribution < 1.29 is 18.3 Å². The predicted octanol–water partition coefficient (Wildman–Crippen LogP) is -0.0455. The smallest absolute Gasteiger partial charge is 0.254 e. The van der Waals surface area contributed by atoms with Gasteiger partial charge in [0.1, 0.15) is 0 Å². The Morgan fingerprint density at radius 2 is 2.16 bits per heavy atom. The Morgan fingerprint density at radius 1 is 1.47 bits per heavy atom. The minimum absolute atomic E-state index is 0.124. The molecule has 0 spiro atoms. The molecule has 3 N–H and O–H groups in total. The summed E-state index contributed by atoms with van der Waals surface area (Å²) < 4.78 is 22.5. The summed E-state index contributed by atoms with van der Waals surface area (Å²) in [6, 6.07) is 5.46. The fourth-order valence-electron chi connectivity index (χ4n) is 1.54. The van der Waals surface area contributed by atoms with Gasteiger partial charge in [-0.3, -0.25) is 4.79 Å². The fourth-order valence-corrected chi connectivity index (χ4v) is 2.10. The first kappa shape index (κ1) is 15.4. The van der Waals surface area contributed by atoms with E-state index in [1.807, 2.05) is 0 Å². The van der Waals surface area contributed by atoms with Gasteiger partial charge in [0, 0.05) is 18.7 Å². The van der Waals surface area contributed by atoms with Crippen molar-refractivity contribution in [3.63, 3.8) is 0 Å². The molecule has 104 valence electrons. The molecule has 0 unspecified atom stereocenters. The molecule has 0 fully saturated rings. The van der Waals surface area contributed by atoms with Crippen LogP contribution in [0.4, 0.5) is 0 Å². The number of nitrogens with two attached hydrogens (primary N) is 1. The first-order chi connectivity index (χ1) is 8.90. The molecule has 19 heavy (non-hydrogen) atoms. The zero-order chi connectivity index (χ0) is 14.5. The molecule has 1 amide bonds. The minimum Gasteiger partial charge on any atom is -0.395 e. The molecule has 0 saturated heterocycles. The van der Waals surface area contributed by atoms with Crippen LogP contribution in [-0.4, -0.2) is 44.0 Å². The molecule has 6 nitrogen and oxygen atoms in total. The van der Waals surface area contributed by atoms with Crippen molar-refractivity contribution in [1.29, 1.82) is 0 Å². The quantitative estimate of drug-likeness (QED) is 0.715. The van der Waals surface area contributed by atoms with Crippen LogP contribution in [0.3, 0.4) is 0 Å². The normalized spacial score (nSPS) is 11.1. The maximum atomic E-state index is 12.1. The average Bonchev–Trinajstić information content (AvgIpc) is 2.37. The van der Waals surface area contributed by atoms with E-state index >= 15 is 0 Å². The molecule has 0 saturated carbocycles.